The summed E-state index contributed by atoms with van der Waals surface area (Å²) in [6, 6.07) is 9.60. The number of benzene rings is 1. The van der Waals surface area contributed by atoms with Gasteiger partial charge in [-0.1, -0.05) is 18.2 Å². The van der Waals surface area contributed by atoms with Gasteiger partial charge in [-0.15, -0.1) is 11.8 Å². The van der Waals surface area contributed by atoms with E-state index in [0.29, 0.717) is 13.1 Å². The van der Waals surface area contributed by atoms with Crippen molar-refractivity contribution in [1.29, 1.82) is 0 Å². The van der Waals surface area contributed by atoms with Gasteiger partial charge in [0.2, 0.25) is 5.91 Å². The zero-order valence-electron chi connectivity index (χ0n) is 11.8. The fourth-order valence-electron chi connectivity index (χ4n) is 1.53. The average molecular weight is 296 g/mol. The molecule has 0 aliphatic heterocycles. The number of hydrogen-bond acceptors (Lipinski definition) is 4. The molecule has 1 rings (SSSR count). The predicted molar refractivity (Wildman–Crippen MR) is 79.9 cm³/mol. The molecule has 1 aromatic carbocycles. The summed E-state index contributed by atoms with van der Waals surface area (Å²) in [7, 11) is 3.78. The van der Waals surface area contributed by atoms with Crippen LogP contribution >= 0.6 is 11.8 Å². The smallest absolute Gasteiger partial charge is 0.323 e. The highest BCUT2D eigenvalue weighted by molar-refractivity contribution is 8.00. The molecule has 0 fully saturated rings. The largest absolute Gasteiger partial charge is 0.480 e. The van der Waals surface area contributed by atoms with Crippen molar-refractivity contribution < 1.29 is 14.7 Å². The Bertz CT molecular complexity index is 437. The van der Waals surface area contributed by atoms with E-state index in [1.807, 2.05) is 49.3 Å². The minimum Gasteiger partial charge on any atom is -0.480 e. The number of likely N-dealkylation sites (N-methyl/N-ethyl adjacent to an activating group) is 1. The lowest BCUT2D eigenvalue weighted by Gasteiger charge is -2.22. The van der Waals surface area contributed by atoms with Crippen molar-refractivity contribution in [2.75, 3.05) is 39.5 Å². The van der Waals surface area contributed by atoms with Crippen LogP contribution in [0.3, 0.4) is 0 Å². The lowest BCUT2D eigenvalue weighted by atomic mass is 10.4. The van der Waals surface area contributed by atoms with E-state index in [4.69, 9.17) is 5.11 Å². The van der Waals surface area contributed by atoms with Crippen LogP contribution in [0.25, 0.3) is 0 Å². The maximum atomic E-state index is 12.1. The first-order chi connectivity index (χ1) is 9.49. The summed E-state index contributed by atoms with van der Waals surface area (Å²) >= 11 is 1.42. The van der Waals surface area contributed by atoms with Crippen molar-refractivity contribution in [2.45, 2.75) is 4.90 Å². The number of carbonyl (C=O) groups is 2. The first-order valence-electron chi connectivity index (χ1n) is 6.31. The molecule has 0 aliphatic rings. The van der Waals surface area contributed by atoms with Crippen molar-refractivity contribution in [3.63, 3.8) is 0 Å². The van der Waals surface area contributed by atoms with Crippen LogP contribution in [0.2, 0.25) is 0 Å². The van der Waals surface area contributed by atoms with Crippen molar-refractivity contribution >= 4 is 23.6 Å². The summed E-state index contributed by atoms with van der Waals surface area (Å²) in [5.74, 6) is -0.880. The Kier molecular flexibility index (Phi) is 7.11. The van der Waals surface area contributed by atoms with Crippen LogP contribution < -0.4 is 0 Å². The van der Waals surface area contributed by atoms with E-state index in [-0.39, 0.29) is 18.2 Å². The molecule has 1 N–H and O–H groups in total. The van der Waals surface area contributed by atoms with Gasteiger partial charge < -0.3 is 14.9 Å². The molecule has 0 aliphatic carbocycles. The first kappa shape index (κ1) is 16.5. The molecule has 0 saturated carbocycles. The number of rotatable bonds is 8. The van der Waals surface area contributed by atoms with Crippen LogP contribution in [0.15, 0.2) is 35.2 Å². The Morgan fingerprint density at radius 2 is 1.80 bits per heavy atom. The Balaban J connectivity index is 2.51. The fraction of sp³-hybridized carbons (Fsp3) is 0.429. The lowest BCUT2D eigenvalue weighted by molar-refractivity contribution is -0.143. The van der Waals surface area contributed by atoms with Crippen LogP contribution in [0, 0.1) is 0 Å². The van der Waals surface area contributed by atoms with Gasteiger partial charge in [-0.3, -0.25) is 9.59 Å². The van der Waals surface area contributed by atoms with Gasteiger partial charge in [-0.2, -0.15) is 0 Å². The normalized spacial score (nSPS) is 10.6. The summed E-state index contributed by atoms with van der Waals surface area (Å²) in [4.78, 5) is 27.2. The van der Waals surface area contributed by atoms with E-state index in [0.717, 1.165) is 4.90 Å². The summed E-state index contributed by atoms with van der Waals surface area (Å²) < 4.78 is 0. The van der Waals surface area contributed by atoms with E-state index in [9.17, 15) is 9.59 Å². The maximum absolute atomic E-state index is 12.1. The molecule has 1 aromatic rings. The molecule has 0 heterocycles. The molecule has 0 unspecified atom stereocenters. The minimum absolute atomic E-state index is 0.150. The molecule has 1 amide bonds. The van der Waals surface area contributed by atoms with Crippen molar-refractivity contribution in [2.24, 2.45) is 0 Å². The second-order valence-corrected chi connectivity index (χ2v) is 5.66. The lowest BCUT2D eigenvalue weighted by Crippen LogP contribution is -2.40. The molecular weight excluding hydrogens is 276 g/mol. The maximum Gasteiger partial charge on any atom is 0.323 e. The fourth-order valence-corrected chi connectivity index (χ4v) is 2.35. The van der Waals surface area contributed by atoms with Crippen LogP contribution in [-0.4, -0.2) is 66.3 Å². The molecule has 0 atom stereocenters. The zero-order valence-corrected chi connectivity index (χ0v) is 12.6. The molecule has 0 radical (unpaired) electrons. The number of carboxylic acid groups (broad SMARTS) is 1. The first-order valence-corrected chi connectivity index (χ1v) is 7.29. The summed E-state index contributed by atoms with van der Waals surface area (Å²) in [5, 5.41) is 8.87. The molecule has 0 bridgehead atoms. The molecule has 6 heteroatoms. The Labute approximate surface area is 123 Å². The Morgan fingerprint density at radius 1 is 1.15 bits per heavy atom. The Hall–Kier alpha value is -1.53. The molecule has 0 spiro atoms. The van der Waals surface area contributed by atoms with Gasteiger partial charge in [-0.25, -0.2) is 0 Å². The van der Waals surface area contributed by atoms with E-state index in [1.165, 1.54) is 16.7 Å². The topological polar surface area (TPSA) is 60.9 Å². The van der Waals surface area contributed by atoms with Gasteiger partial charge in [0.25, 0.3) is 0 Å². The van der Waals surface area contributed by atoms with Gasteiger partial charge in [0, 0.05) is 18.0 Å². The standard InChI is InChI=1S/C14H20N2O3S/c1-15(2)8-9-16(10-14(18)19)13(17)11-20-12-6-4-3-5-7-12/h3-7H,8-11H2,1-2H3,(H,18,19). The number of aliphatic carboxylic acids is 1. The summed E-state index contributed by atoms with van der Waals surface area (Å²) in [6.45, 7) is 0.824. The Morgan fingerprint density at radius 3 is 2.35 bits per heavy atom. The highest BCUT2D eigenvalue weighted by Gasteiger charge is 2.16. The zero-order chi connectivity index (χ0) is 15.0. The number of nitrogens with zero attached hydrogens (tertiary/aromatic N) is 2. The molecule has 0 aromatic heterocycles. The second-order valence-electron chi connectivity index (χ2n) is 4.61. The van der Waals surface area contributed by atoms with Crippen LogP contribution in [0.1, 0.15) is 0 Å². The monoisotopic (exact) mass is 296 g/mol. The van der Waals surface area contributed by atoms with Gasteiger partial charge in [0.1, 0.15) is 6.54 Å². The van der Waals surface area contributed by atoms with Gasteiger partial charge >= 0.3 is 5.97 Å². The number of amides is 1. The second kappa shape index (κ2) is 8.60. The van der Waals surface area contributed by atoms with Crippen LogP contribution in [-0.2, 0) is 9.59 Å². The van der Waals surface area contributed by atoms with Crippen molar-refractivity contribution in [3.05, 3.63) is 30.3 Å². The number of thioether (sulfide) groups is 1. The van der Waals surface area contributed by atoms with Crippen molar-refractivity contribution in [1.82, 2.24) is 9.80 Å². The van der Waals surface area contributed by atoms with E-state index < -0.39 is 5.97 Å². The highest BCUT2D eigenvalue weighted by atomic mass is 32.2. The summed E-state index contributed by atoms with van der Waals surface area (Å²) in [6.07, 6.45) is 0. The quantitative estimate of drug-likeness (QED) is 0.732. The molecule has 20 heavy (non-hydrogen) atoms. The van der Waals surface area contributed by atoms with E-state index in [2.05, 4.69) is 0 Å². The molecule has 5 nitrogen and oxygen atoms in total. The van der Waals surface area contributed by atoms with Crippen LogP contribution in [0.4, 0.5) is 0 Å². The predicted octanol–water partition coefficient (Wildman–Crippen LogP) is 1.25. The van der Waals surface area contributed by atoms with Crippen LogP contribution in [0.5, 0.6) is 0 Å². The van der Waals surface area contributed by atoms with Gasteiger partial charge in [0.15, 0.2) is 0 Å². The third-order valence-electron chi connectivity index (χ3n) is 2.60. The molecule has 110 valence electrons. The van der Waals surface area contributed by atoms with E-state index >= 15 is 0 Å². The number of carbonyl (C=O) groups excluding carboxylic acids is 1. The average Bonchev–Trinajstić information content (AvgIpc) is 2.41. The van der Waals surface area contributed by atoms with E-state index in [1.54, 1.807) is 0 Å². The highest BCUT2D eigenvalue weighted by Crippen LogP contribution is 2.17. The SMILES string of the molecule is CN(C)CCN(CC(=O)O)C(=O)CSc1ccccc1. The number of carboxylic acids is 1. The third-order valence-corrected chi connectivity index (χ3v) is 3.60. The minimum atomic E-state index is -0.984. The summed E-state index contributed by atoms with van der Waals surface area (Å²) in [5.41, 5.74) is 0. The molecular formula is C14H20N2O3S. The third kappa shape index (κ3) is 6.58. The molecule has 0 saturated heterocycles. The van der Waals surface area contributed by atoms with Gasteiger partial charge in [-0.05, 0) is 26.2 Å². The number of hydrogen-bond donors (Lipinski definition) is 1. The van der Waals surface area contributed by atoms with Crippen molar-refractivity contribution in [3.8, 4) is 0 Å². The van der Waals surface area contributed by atoms with Gasteiger partial charge in [0.05, 0.1) is 5.75 Å².